The van der Waals surface area contributed by atoms with Gasteiger partial charge in [-0.1, -0.05) is 93.9 Å². The summed E-state index contributed by atoms with van der Waals surface area (Å²) < 4.78 is 12.1. The lowest BCUT2D eigenvalue weighted by molar-refractivity contribution is -0.139. The molecule has 0 spiro atoms. The maximum atomic E-state index is 13.8. The number of hydrogen-bond donors (Lipinski definition) is 1. The van der Waals surface area contributed by atoms with Crippen LogP contribution in [0.4, 0.5) is 0 Å². The zero-order valence-electron chi connectivity index (χ0n) is 20.6. The summed E-state index contributed by atoms with van der Waals surface area (Å²) in [6.07, 6.45) is 5.28. The Kier molecular flexibility index (Phi) is 8.50. The highest BCUT2D eigenvalue weighted by molar-refractivity contribution is 7.00. The van der Waals surface area contributed by atoms with Crippen LogP contribution in [0.25, 0.3) is 0 Å². The van der Waals surface area contributed by atoms with E-state index in [1.165, 1.54) is 0 Å². The molecule has 0 aliphatic heterocycles. The molecule has 6 heteroatoms. The van der Waals surface area contributed by atoms with E-state index in [-0.39, 0.29) is 29.1 Å². The quantitative estimate of drug-likeness (QED) is 0.438. The first-order chi connectivity index (χ1) is 16.2. The Morgan fingerprint density at radius 1 is 1.00 bits per heavy atom. The molecular formula is C28H36O5Si. The molecule has 0 heterocycles. The normalized spacial score (nSPS) is 19.5. The molecule has 1 N–H and O–H groups in total. The molecule has 0 amide bonds. The van der Waals surface area contributed by atoms with Crippen molar-refractivity contribution in [2.45, 2.75) is 64.0 Å². The van der Waals surface area contributed by atoms with Gasteiger partial charge >= 0.3 is 20.3 Å². The van der Waals surface area contributed by atoms with Crippen LogP contribution in [-0.4, -0.2) is 38.6 Å². The predicted octanol–water partition coefficient (Wildman–Crippen LogP) is 4.70. The summed E-state index contributed by atoms with van der Waals surface area (Å²) in [5.74, 6) is -1.47. The summed E-state index contributed by atoms with van der Waals surface area (Å²) in [6, 6.07) is 19.8. The van der Waals surface area contributed by atoms with Gasteiger partial charge in [0.15, 0.2) is 0 Å². The van der Waals surface area contributed by atoms with E-state index < -0.39 is 20.3 Å². The lowest BCUT2D eigenvalue weighted by Gasteiger charge is -2.42. The van der Waals surface area contributed by atoms with Gasteiger partial charge in [0.05, 0.1) is 12.5 Å². The molecule has 0 aromatic heterocycles. The van der Waals surface area contributed by atoms with Crippen molar-refractivity contribution in [3.05, 3.63) is 72.3 Å². The van der Waals surface area contributed by atoms with Gasteiger partial charge in [0, 0.05) is 12.7 Å². The summed E-state index contributed by atoms with van der Waals surface area (Å²) in [4.78, 5) is 25.5. The van der Waals surface area contributed by atoms with Crippen LogP contribution >= 0.6 is 0 Å². The Labute approximate surface area is 203 Å². The van der Waals surface area contributed by atoms with Gasteiger partial charge in [-0.2, -0.15) is 0 Å². The second kappa shape index (κ2) is 11.1. The minimum absolute atomic E-state index is 0.0970. The fourth-order valence-corrected chi connectivity index (χ4v) is 9.39. The van der Waals surface area contributed by atoms with Gasteiger partial charge in [-0.05, 0) is 40.6 Å². The van der Waals surface area contributed by atoms with E-state index in [4.69, 9.17) is 9.16 Å². The first-order valence-electron chi connectivity index (χ1n) is 12.0. The number of hydrogen-bond acceptors (Lipinski definition) is 4. The largest absolute Gasteiger partial charge is 0.506 e. The molecule has 0 saturated heterocycles. The second-order valence-corrected chi connectivity index (χ2v) is 14.3. The Morgan fingerprint density at radius 3 is 2.03 bits per heavy atom. The van der Waals surface area contributed by atoms with Crippen molar-refractivity contribution in [2.24, 2.45) is 5.92 Å². The molecule has 34 heavy (non-hydrogen) atoms. The van der Waals surface area contributed by atoms with Crippen LogP contribution in [0.3, 0.4) is 0 Å². The fraction of sp³-hybridized carbons (Fsp3) is 0.429. The molecule has 2 unspecified atom stereocenters. The zero-order chi connectivity index (χ0) is 24.8. The molecule has 1 saturated carbocycles. The van der Waals surface area contributed by atoms with Crippen molar-refractivity contribution in [1.29, 1.82) is 0 Å². The highest BCUT2D eigenvalue weighted by Crippen LogP contribution is 2.37. The molecule has 1 fully saturated rings. The van der Waals surface area contributed by atoms with E-state index >= 15 is 0 Å². The molecule has 3 rings (SSSR count). The van der Waals surface area contributed by atoms with Crippen molar-refractivity contribution < 1.29 is 23.9 Å². The molecule has 1 aliphatic carbocycles. The molecular weight excluding hydrogens is 444 g/mol. The number of allylic oxidation sites excluding steroid dienone is 1. The van der Waals surface area contributed by atoms with Crippen LogP contribution < -0.4 is 10.4 Å². The van der Waals surface area contributed by atoms with Crippen LogP contribution in [0.2, 0.25) is 5.04 Å². The Morgan fingerprint density at radius 2 is 1.56 bits per heavy atom. The van der Waals surface area contributed by atoms with E-state index in [0.717, 1.165) is 36.1 Å². The van der Waals surface area contributed by atoms with Crippen LogP contribution in [0.15, 0.2) is 72.3 Å². The van der Waals surface area contributed by atoms with E-state index in [0.29, 0.717) is 0 Å². The van der Waals surface area contributed by atoms with Gasteiger partial charge in [-0.3, -0.25) is 4.79 Å². The lowest BCUT2D eigenvalue weighted by Crippen LogP contribution is -2.67. The highest BCUT2D eigenvalue weighted by Gasteiger charge is 2.53. The van der Waals surface area contributed by atoms with Crippen molar-refractivity contribution in [3.8, 4) is 0 Å². The molecule has 1 aliphatic rings. The second-order valence-electron chi connectivity index (χ2n) is 10.1. The molecule has 2 aromatic rings. The van der Waals surface area contributed by atoms with Gasteiger partial charge in [-0.15, -0.1) is 0 Å². The maximum absolute atomic E-state index is 13.8. The SMILES string of the molecule is COC1CCCC(C=C(CC(=O)O)C(=O)O[Si](c2ccccc2)(c2ccccc2)C(C)(C)C)C1. The number of ether oxygens (including phenoxy) is 1. The van der Waals surface area contributed by atoms with Crippen molar-refractivity contribution in [2.75, 3.05) is 7.11 Å². The van der Waals surface area contributed by atoms with Gasteiger partial charge in [0.25, 0.3) is 0 Å². The predicted molar refractivity (Wildman–Crippen MR) is 137 cm³/mol. The number of carbonyl (C=O) groups excluding carboxylic acids is 1. The Balaban J connectivity index is 2.07. The molecule has 2 aromatic carbocycles. The fourth-order valence-electron chi connectivity index (χ4n) is 5.05. The Hall–Kier alpha value is -2.70. The van der Waals surface area contributed by atoms with Crippen LogP contribution in [0, 0.1) is 5.92 Å². The first kappa shape index (κ1) is 25.9. The summed E-state index contributed by atoms with van der Waals surface area (Å²) in [7, 11) is -1.42. The standard InChI is InChI=1S/C28H36O5Si/c1-28(2,3)34(24-14-7-5-8-15-24,25-16-9-6-10-17-25)33-27(31)22(20-26(29)30)18-21-12-11-13-23(19-21)32-4/h5-10,14-18,21,23H,11-13,19-20H2,1-4H3,(H,29,30). The number of methoxy groups -OCH3 is 1. The van der Waals surface area contributed by atoms with Crippen LogP contribution in [-0.2, 0) is 18.8 Å². The minimum Gasteiger partial charge on any atom is -0.506 e. The molecule has 0 bridgehead atoms. The van der Waals surface area contributed by atoms with E-state index in [1.807, 2.05) is 66.7 Å². The van der Waals surface area contributed by atoms with E-state index in [1.54, 1.807) is 7.11 Å². The van der Waals surface area contributed by atoms with Gasteiger partial charge in [0.1, 0.15) is 0 Å². The smallest absolute Gasteiger partial charge is 0.324 e. The van der Waals surface area contributed by atoms with E-state index in [9.17, 15) is 14.7 Å². The zero-order valence-corrected chi connectivity index (χ0v) is 21.6. The monoisotopic (exact) mass is 480 g/mol. The number of aliphatic carboxylic acids is 1. The third-order valence-corrected chi connectivity index (χ3v) is 11.6. The summed E-state index contributed by atoms with van der Waals surface area (Å²) in [5.41, 5.74) is 0.224. The first-order valence-corrected chi connectivity index (χ1v) is 13.9. The number of carboxylic acids is 1. The number of carbonyl (C=O) groups is 2. The molecule has 0 radical (unpaired) electrons. The van der Waals surface area contributed by atoms with Crippen LogP contribution in [0.1, 0.15) is 52.9 Å². The Bertz CT molecular complexity index is 955. The summed E-state index contributed by atoms with van der Waals surface area (Å²) in [6.45, 7) is 6.28. The minimum atomic E-state index is -3.12. The third-order valence-electron chi connectivity index (χ3n) is 6.70. The molecule has 5 nitrogen and oxygen atoms in total. The van der Waals surface area contributed by atoms with Gasteiger partial charge in [0.2, 0.25) is 0 Å². The van der Waals surface area contributed by atoms with Crippen molar-refractivity contribution in [3.63, 3.8) is 0 Å². The maximum Gasteiger partial charge on any atom is 0.324 e. The highest BCUT2D eigenvalue weighted by atomic mass is 28.4. The summed E-state index contributed by atoms with van der Waals surface area (Å²) >= 11 is 0. The number of benzene rings is 2. The number of rotatable bonds is 8. The average Bonchev–Trinajstić information content (AvgIpc) is 2.82. The lowest BCUT2D eigenvalue weighted by atomic mass is 9.85. The van der Waals surface area contributed by atoms with E-state index in [2.05, 4.69) is 20.8 Å². The average molecular weight is 481 g/mol. The molecule has 2 atom stereocenters. The van der Waals surface area contributed by atoms with Gasteiger partial charge in [-0.25, -0.2) is 4.79 Å². The number of carboxylic acid groups (broad SMARTS) is 1. The summed E-state index contributed by atoms with van der Waals surface area (Å²) in [5, 5.41) is 11.2. The van der Waals surface area contributed by atoms with Gasteiger partial charge < -0.3 is 14.3 Å². The molecule has 182 valence electrons. The third kappa shape index (κ3) is 5.86. The van der Waals surface area contributed by atoms with Crippen molar-refractivity contribution in [1.82, 2.24) is 0 Å². The van der Waals surface area contributed by atoms with Crippen molar-refractivity contribution >= 4 is 30.6 Å². The topological polar surface area (TPSA) is 72.8 Å². The van der Waals surface area contributed by atoms with Crippen LogP contribution in [0.5, 0.6) is 0 Å².